The number of nitrogens with two attached hydrogens (primary N) is 1. The van der Waals surface area contributed by atoms with Gasteiger partial charge in [0.25, 0.3) is 0 Å². The monoisotopic (exact) mass is 360 g/mol. The highest BCUT2D eigenvalue weighted by Crippen LogP contribution is 2.28. The van der Waals surface area contributed by atoms with Crippen LogP contribution in [0.15, 0.2) is 42.5 Å². The Hall–Kier alpha value is -3.13. The summed E-state index contributed by atoms with van der Waals surface area (Å²) in [6.07, 6.45) is 0.287. The van der Waals surface area contributed by atoms with Crippen LogP contribution in [0, 0.1) is 10.1 Å². The molecule has 0 spiro atoms. The molecule has 0 radical (unpaired) electrons. The zero-order valence-corrected chi connectivity index (χ0v) is 14.5. The van der Waals surface area contributed by atoms with E-state index in [0.717, 1.165) is 5.56 Å². The Morgan fingerprint density at radius 2 is 1.92 bits per heavy atom. The first-order valence-electron chi connectivity index (χ1n) is 7.81. The Morgan fingerprint density at radius 3 is 2.58 bits per heavy atom. The van der Waals surface area contributed by atoms with Gasteiger partial charge in [-0.15, -0.1) is 0 Å². The van der Waals surface area contributed by atoms with Crippen molar-refractivity contribution in [3.63, 3.8) is 0 Å². The summed E-state index contributed by atoms with van der Waals surface area (Å²) in [7, 11) is 2.80. The smallest absolute Gasteiger partial charge is 0.322 e. The van der Waals surface area contributed by atoms with Crippen LogP contribution in [0.1, 0.15) is 11.1 Å². The highest BCUT2D eigenvalue weighted by molar-refractivity contribution is 5.75. The van der Waals surface area contributed by atoms with Crippen molar-refractivity contribution in [2.24, 2.45) is 5.73 Å². The van der Waals surface area contributed by atoms with E-state index in [1.807, 2.05) is 0 Å². The van der Waals surface area contributed by atoms with Crippen LogP contribution in [0.4, 0.5) is 5.69 Å². The topological polar surface area (TPSA) is 114 Å². The minimum atomic E-state index is -0.780. The number of rotatable bonds is 8. The summed E-state index contributed by atoms with van der Waals surface area (Å²) in [5.74, 6) is 0.230. The molecule has 2 aromatic carbocycles. The molecule has 1 unspecified atom stereocenters. The number of nitro benzene ring substituents is 1. The standard InChI is InChI=1S/C18H20N2O6/c1-24-16-8-7-12(10-14(19)18(21)25-2)9-13(16)11-26-17-6-4-3-5-15(17)20(22)23/h3-9,14H,10-11,19H2,1-2H3. The lowest BCUT2D eigenvalue weighted by atomic mass is 10.0. The van der Waals surface area contributed by atoms with Crippen LogP contribution in [0.3, 0.4) is 0 Å². The lowest BCUT2D eigenvalue weighted by molar-refractivity contribution is -0.385. The van der Waals surface area contributed by atoms with Gasteiger partial charge in [0.1, 0.15) is 18.4 Å². The molecule has 0 saturated carbocycles. The van der Waals surface area contributed by atoms with E-state index in [4.69, 9.17) is 15.2 Å². The van der Waals surface area contributed by atoms with E-state index in [9.17, 15) is 14.9 Å². The SMILES string of the molecule is COC(=O)C(N)Cc1ccc(OC)c(COc2ccccc2[N+](=O)[O-])c1. The maximum absolute atomic E-state index is 11.5. The second kappa shape index (κ2) is 8.82. The summed E-state index contributed by atoms with van der Waals surface area (Å²) < 4.78 is 15.5. The summed E-state index contributed by atoms with van der Waals surface area (Å²) in [5, 5.41) is 11.1. The summed E-state index contributed by atoms with van der Waals surface area (Å²) in [6, 6.07) is 10.7. The van der Waals surface area contributed by atoms with Crippen LogP contribution in [0.5, 0.6) is 11.5 Å². The van der Waals surface area contributed by atoms with Crippen LogP contribution < -0.4 is 15.2 Å². The van der Waals surface area contributed by atoms with Crippen molar-refractivity contribution in [3.05, 3.63) is 63.7 Å². The number of carbonyl (C=O) groups excluding carboxylic acids is 1. The van der Waals surface area contributed by atoms with Gasteiger partial charge in [-0.3, -0.25) is 14.9 Å². The summed E-state index contributed by atoms with van der Waals surface area (Å²) in [6.45, 7) is 0.0648. The predicted octanol–water partition coefficient (Wildman–Crippen LogP) is 2.23. The van der Waals surface area contributed by atoms with Crippen molar-refractivity contribution in [1.29, 1.82) is 0 Å². The van der Waals surface area contributed by atoms with Crippen LogP contribution in [0.2, 0.25) is 0 Å². The third-order valence-corrected chi connectivity index (χ3v) is 3.75. The molecule has 0 aliphatic heterocycles. The number of hydrogen-bond donors (Lipinski definition) is 1. The minimum Gasteiger partial charge on any atom is -0.496 e. The number of nitro groups is 1. The van der Waals surface area contributed by atoms with Crippen molar-refractivity contribution in [1.82, 2.24) is 0 Å². The minimum absolute atomic E-state index is 0.0648. The maximum Gasteiger partial charge on any atom is 0.322 e. The zero-order valence-electron chi connectivity index (χ0n) is 14.5. The summed E-state index contributed by atoms with van der Waals surface area (Å²) in [4.78, 5) is 22.0. The third kappa shape index (κ3) is 4.70. The number of methoxy groups -OCH3 is 2. The Balaban J connectivity index is 2.19. The molecule has 8 heteroatoms. The van der Waals surface area contributed by atoms with E-state index in [2.05, 4.69) is 4.74 Å². The Morgan fingerprint density at radius 1 is 1.19 bits per heavy atom. The fourth-order valence-electron chi connectivity index (χ4n) is 2.45. The van der Waals surface area contributed by atoms with Gasteiger partial charge in [-0.2, -0.15) is 0 Å². The molecule has 0 amide bonds. The molecule has 0 fully saturated rings. The van der Waals surface area contributed by atoms with Gasteiger partial charge in [0.05, 0.1) is 19.1 Å². The Bertz CT molecular complexity index is 793. The molecule has 26 heavy (non-hydrogen) atoms. The van der Waals surface area contributed by atoms with Crippen molar-refractivity contribution in [2.45, 2.75) is 19.1 Å². The van der Waals surface area contributed by atoms with Crippen LogP contribution in [0.25, 0.3) is 0 Å². The Kier molecular flexibility index (Phi) is 6.51. The average Bonchev–Trinajstić information content (AvgIpc) is 2.65. The van der Waals surface area contributed by atoms with Gasteiger partial charge in [-0.05, 0) is 30.2 Å². The largest absolute Gasteiger partial charge is 0.496 e. The number of nitrogens with zero attached hydrogens (tertiary/aromatic N) is 1. The zero-order chi connectivity index (χ0) is 19.1. The third-order valence-electron chi connectivity index (χ3n) is 3.75. The molecule has 2 N–H and O–H groups in total. The van der Waals surface area contributed by atoms with Gasteiger partial charge in [-0.1, -0.05) is 18.2 Å². The average molecular weight is 360 g/mol. The fraction of sp³-hybridized carbons (Fsp3) is 0.278. The van der Waals surface area contributed by atoms with Crippen molar-refractivity contribution in [3.8, 4) is 11.5 Å². The van der Waals surface area contributed by atoms with Gasteiger partial charge >= 0.3 is 11.7 Å². The van der Waals surface area contributed by atoms with E-state index in [-0.39, 0.29) is 24.5 Å². The number of esters is 1. The molecule has 0 heterocycles. The quantitative estimate of drug-likeness (QED) is 0.436. The normalized spacial score (nSPS) is 11.5. The lowest BCUT2D eigenvalue weighted by Gasteiger charge is -2.14. The summed E-state index contributed by atoms with van der Waals surface area (Å²) in [5.41, 5.74) is 7.15. The van der Waals surface area contributed by atoms with Crippen molar-refractivity contribution >= 4 is 11.7 Å². The predicted molar refractivity (Wildman–Crippen MR) is 94.1 cm³/mol. The van der Waals surface area contributed by atoms with Gasteiger partial charge in [0.2, 0.25) is 0 Å². The molecule has 0 saturated heterocycles. The molecule has 0 aromatic heterocycles. The lowest BCUT2D eigenvalue weighted by Crippen LogP contribution is -2.33. The molecule has 138 valence electrons. The van der Waals surface area contributed by atoms with Gasteiger partial charge in [0, 0.05) is 11.6 Å². The first-order valence-corrected chi connectivity index (χ1v) is 7.81. The van der Waals surface area contributed by atoms with Gasteiger partial charge in [-0.25, -0.2) is 0 Å². The molecular weight excluding hydrogens is 340 g/mol. The molecule has 1 atom stereocenters. The molecule has 2 rings (SSSR count). The summed E-state index contributed by atoms with van der Waals surface area (Å²) >= 11 is 0. The second-order valence-corrected chi connectivity index (χ2v) is 5.49. The molecule has 8 nitrogen and oxygen atoms in total. The number of para-hydroxylation sites is 2. The molecule has 0 aliphatic rings. The van der Waals surface area contributed by atoms with E-state index in [1.165, 1.54) is 26.4 Å². The first kappa shape index (κ1) is 19.2. The van der Waals surface area contributed by atoms with Crippen molar-refractivity contribution < 1.29 is 23.9 Å². The van der Waals surface area contributed by atoms with Crippen LogP contribution in [-0.2, 0) is 22.6 Å². The second-order valence-electron chi connectivity index (χ2n) is 5.49. The van der Waals surface area contributed by atoms with Crippen LogP contribution in [-0.4, -0.2) is 31.2 Å². The number of carbonyl (C=O) groups is 1. The molecule has 2 aromatic rings. The maximum atomic E-state index is 11.5. The van der Waals surface area contributed by atoms with E-state index in [0.29, 0.717) is 11.3 Å². The van der Waals surface area contributed by atoms with E-state index < -0.39 is 16.9 Å². The van der Waals surface area contributed by atoms with Crippen LogP contribution >= 0.6 is 0 Å². The fourth-order valence-corrected chi connectivity index (χ4v) is 2.45. The highest BCUT2D eigenvalue weighted by atomic mass is 16.6. The highest BCUT2D eigenvalue weighted by Gasteiger charge is 2.17. The van der Waals surface area contributed by atoms with Gasteiger partial charge < -0.3 is 19.9 Å². The molecule has 0 aliphatic carbocycles. The Labute approximate surface area is 150 Å². The number of ether oxygens (including phenoxy) is 3. The van der Waals surface area contributed by atoms with Crippen molar-refractivity contribution in [2.75, 3.05) is 14.2 Å². The van der Waals surface area contributed by atoms with E-state index in [1.54, 1.807) is 30.3 Å². The molecular formula is C18H20N2O6. The first-order chi connectivity index (χ1) is 12.5. The van der Waals surface area contributed by atoms with Gasteiger partial charge in [0.15, 0.2) is 5.75 Å². The van der Waals surface area contributed by atoms with E-state index >= 15 is 0 Å². The number of benzene rings is 2. The number of hydrogen-bond acceptors (Lipinski definition) is 7. The molecule has 0 bridgehead atoms.